The number of hydrogen-bond donors (Lipinski definition) is 2. The summed E-state index contributed by atoms with van der Waals surface area (Å²) in [5, 5.41) is 7.72. The van der Waals surface area contributed by atoms with E-state index in [1.807, 2.05) is 6.07 Å². The molecular weight excluding hydrogens is 595 g/mol. The van der Waals surface area contributed by atoms with Crippen LogP contribution in [-0.4, -0.2) is 86.2 Å². The zero-order chi connectivity index (χ0) is 30.7. The third kappa shape index (κ3) is 6.45. The van der Waals surface area contributed by atoms with Crippen molar-refractivity contribution < 1.29 is 23.7 Å². The molecule has 1 aromatic carbocycles. The summed E-state index contributed by atoms with van der Waals surface area (Å²) in [6.07, 6.45) is 5.27. The lowest BCUT2D eigenvalue weighted by Gasteiger charge is -2.39. The molecule has 2 aliphatic heterocycles. The first-order valence-electron chi connectivity index (χ1n) is 14.1. The van der Waals surface area contributed by atoms with Gasteiger partial charge in [0.15, 0.2) is 5.82 Å². The van der Waals surface area contributed by atoms with E-state index in [4.69, 9.17) is 52.1 Å². The number of nitrogens with zero attached hydrogens (tertiary/aromatic N) is 4. The predicted molar refractivity (Wildman–Crippen MR) is 168 cm³/mol. The number of carbonyl (C=O) groups excluding carboxylic acids is 1. The summed E-state index contributed by atoms with van der Waals surface area (Å²) in [5.41, 5.74) is 1.47. The average molecular weight is 632 g/mol. The molecule has 2 atom stereocenters. The molecule has 0 bridgehead atoms. The van der Waals surface area contributed by atoms with Crippen LogP contribution in [0.5, 0.6) is 11.5 Å². The number of carbonyl (C=O) groups is 1. The van der Waals surface area contributed by atoms with Crippen LogP contribution in [0.4, 0.5) is 11.8 Å². The summed E-state index contributed by atoms with van der Waals surface area (Å²) >= 11 is 13.6. The van der Waals surface area contributed by atoms with E-state index in [1.165, 1.54) is 20.3 Å². The van der Waals surface area contributed by atoms with Gasteiger partial charge >= 0.3 is 0 Å². The van der Waals surface area contributed by atoms with Crippen LogP contribution in [0.15, 0.2) is 31.0 Å². The number of halogens is 2. The van der Waals surface area contributed by atoms with Crippen molar-refractivity contribution in [2.24, 2.45) is 0 Å². The first-order valence-corrected chi connectivity index (χ1v) is 14.8. The van der Waals surface area contributed by atoms with Gasteiger partial charge < -0.3 is 34.5 Å². The molecular formula is C30H36Cl2N6O5. The van der Waals surface area contributed by atoms with Gasteiger partial charge in [0.05, 0.1) is 54.3 Å². The van der Waals surface area contributed by atoms with Crippen molar-refractivity contribution in [3.8, 4) is 22.8 Å². The molecule has 4 heterocycles. The molecule has 11 nitrogen and oxygen atoms in total. The second-order valence-electron chi connectivity index (χ2n) is 10.8. The molecule has 2 aliphatic rings. The number of methoxy groups -OCH3 is 3. The van der Waals surface area contributed by atoms with E-state index in [-0.39, 0.29) is 23.6 Å². The molecule has 0 spiro atoms. The van der Waals surface area contributed by atoms with Crippen LogP contribution in [0.1, 0.15) is 26.2 Å². The molecule has 0 radical (unpaired) electrons. The van der Waals surface area contributed by atoms with Gasteiger partial charge in [0.1, 0.15) is 17.0 Å². The molecule has 43 heavy (non-hydrogen) atoms. The minimum Gasteiger partial charge on any atom is -0.495 e. The molecule has 2 saturated heterocycles. The molecule has 230 valence electrons. The summed E-state index contributed by atoms with van der Waals surface area (Å²) in [4.78, 5) is 28.8. The van der Waals surface area contributed by atoms with Gasteiger partial charge in [0, 0.05) is 50.0 Å². The Labute approximate surface area is 260 Å². The van der Waals surface area contributed by atoms with Crippen molar-refractivity contribution in [2.45, 2.75) is 43.9 Å². The SMILES string of the molecule is C=CC(=O)N[C@H]1CCOC[C@H]1Nc1ncc2cc(-c3c(Cl)c(OC)cc(OC)c3Cl)nc(N3CCC(C)(OC)CC3)c2n1. The Bertz CT molecular complexity index is 1490. The molecule has 0 unspecified atom stereocenters. The largest absolute Gasteiger partial charge is 0.495 e. The maximum Gasteiger partial charge on any atom is 0.243 e. The van der Waals surface area contributed by atoms with E-state index in [1.54, 1.807) is 19.4 Å². The zero-order valence-corrected chi connectivity index (χ0v) is 26.2. The molecule has 2 N–H and O–H groups in total. The predicted octanol–water partition coefficient (Wildman–Crippen LogP) is 4.89. The Morgan fingerprint density at radius 1 is 1.12 bits per heavy atom. The molecule has 2 fully saturated rings. The third-order valence-corrected chi connectivity index (χ3v) is 8.93. The van der Waals surface area contributed by atoms with E-state index < -0.39 is 0 Å². The Kier molecular flexibility index (Phi) is 9.45. The minimum absolute atomic E-state index is 0.167. The summed E-state index contributed by atoms with van der Waals surface area (Å²) in [7, 11) is 4.81. The molecule has 0 aliphatic carbocycles. The van der Waals surface area contributed by atoms with Gasteiger partial charge in [-0.2, -0.15) is 0 Å². The number of benzene rings is 1. The van der Waals surface area contributed by atoms with Crippen molar-refractivity contribution in [2.75, 3.05) is 57.8 Å². The zero-order valence-electron chi connectivity index (χ0n) is 24.7. The average Bonchev–Trinajstić information content (AvgIpc) is 3.02. The molecule has 2 aromatic heterocycles. The number of anilines is 2. The van der Waals surface area contributed by atoms with Crippen molar-refractivity contribution in [3.05, 3.63) is 41.0 Å². The Hall–Kier alpha value is -3.38. The van der Waals surface area contributed by atoms with Gasteiger partial charge in [-0.3, -0.25) is 4.79 Å². The molecule has 1 amide bonds. The number of ether oxygens (including phenoxy) is 4. The number of aromatic nitrogens is 3. The van der Waals surface area contributed by atoms with Gasteiger partial charge in [-0.05, 0) is 38.3 Å². The maximum atomic E-state index is 12.0. The van der Waals surface area contributed by atoms with Crippen molar-refractivity contribution >= 4 is 51.8 Å². The first kappa shape index (κ1) is 31.1. The van der Waals surface area contributed by atoms with Crippen LogP contribution in [0, 0.1) is 0 Å². The Morgan fingerprint density at radius 2 is 1.81 bits per heavy atom. The highest BCUT2D eigenvalue weighted by Gasteiger charge is 2.32. The van der Waals surface area contributed by atoms with Crippen LogP contribution in [0.3, 0.4) is 0 Å². The van der Waals surface area contributed by atoms with Crippen molar-refractivity contribution in [1.82, 2.24) is 20.3 Å². The fourth-order valence-corrected chi connectivity index (χ4v) is 6.10. The van der Waals surface area contributed by atoms with Crippen LogP contribution < -0.4 is 25.0 Å². The molecule has 13 heteroatoms. The molecule has 0 saturated carbocycles. The second kappa shape index (κ2) is 13.1. The highest BCUT2D eigenvalue weighted by Crippen LogP contribution is 2.46. The minimum atomic E-state index is -0.239. The number of pyridine rings is 1. The quantitative estimate of drug-likeness (QED) is 0.316. The van der Waals surface area contributed by atoms with Crippen LogP contribution in [0.2, 0.25) is 10.0 Å². The van der Waals surface area contributed by atoms with Crippen LogP contribution >= 0.6 is 23.2 Å². The van der Waals surface area contributed by atoms with Crippen LogP contribution in [-0.2, 0) is 14.3 Å². The number of amides is 1. The maximum absolute atomic E-state index is 12.0. The Balaban J connectivity index is 1.59. The van der Waals surface area contributed by atoms with Gasteiger partial charge in [0.25, 0.3) is 0 Å². The summed E-state index contributed by atoms with van der Waals surface area (Å²) in [6, 6.07) is 3.10. The number of fused-ring (bicyclic) bond motifs is 1. The summed E-state index contributed by atoms with van der Waals surface area (Å²) < 4.78 is 22.5. The number of nitrogens with one attached hydrogen (secondary N) is 2. The van der Waals surface area contributed by atoms with Gasteiger partial charge in [-0.1, -0.05) is 29.8 Å². The monoisotopic (exact) mass is 630 g/mol. The number of hydrogen-bond acceptors (Lipinski definition) is 10. The number of piperidine rings is 1. The van der Waals surface area contributed by atoms with Gasteiger partial charge in [-0.25, -0.2) is 15.0 Å². The lowest BCUT2D eigenvalue weighted by molar-refractivity contribution is -0.117. The van der Waals surface area contributed by atoms with E-state index in [0.717, 1.165) is 18.2 Å². The van der Waals surface area contributed by atoms with E-state index in [2.05, 4.69) is 34.0 Å². The van der Waals surface area contributed by atoms with Crippen molar-refractivity contribution in [3.63, 3.8) is 0 Å². The lowest BCUT2D eigenvalue weighted by Crippen LogP contribution is -2.52. The van der Waals surface area contributed by atoms with E-state index in [9.17, 15) is 4.79 Å². The van der Waals surface area contributed by atoms with Crippen LogP contribution in [0.25, 0.3) is 22.2 Å². The topological polar surface area (TPSA) is 120 Å². The fourth-order valence-electron chi connectivity index (χ4n) is 5.41. The van der Waals surface area contributed by atoms with Gasteiger partial charge in [-0.15, -0.1) is 0 Å². The standard InChI is InChI=1S/C30H36Cl2N6O5/c1-6-23(39)34-18-7-12-43-16-20(18)36-29-33-15-17-13-19(24-25(31)21(40-3)14-22(41-4)26(24)32)35-28(27(17)37-29)38-10-8-30(2,42-5)9-11-38/h6,13-15,18,20H,1,7-12,16H2,2-5H3,(H,34,39)(H,33,36,37)/t18-,20+/m0/s1. The Morgan fingerprint density at radius 3 is 2.44 bits per heavy atom. The highest BCUT2D eigenvalue weighted by molar-refractivity contribution is 6.41. The lowest BCUT2D eigenvalue weighted by atomic mass is 9.93. The van der Waals surface area contributed by atoms with Gasteiger partial charge in [0.2, 0.25) is 11.9 Å². The van der Waals surface area contributed by atoms with E-state index >= 15 is 0 Å². The fraction of sp³-hybridized carbons (Fsp3) is 0.467. The normalized spacial score (nSPS) is 20.0. The van der Waals surface area contributed by atoms with Crippen molar-refractivity contribution in [1.29, 1.82) is 0 Å². The van der Waals surface area contributed by atoms with E-state index in [0.29, 0.717) is 82.8 Å². The number of rotatable bonds is 9. The third-order valence-electron chi connectivity index (χ3n) is 8.17. The first-order chi connectivity index (χ1) is 20.7. The molecule has 5 rings (SSSR count). The molecule has 3 aromatic rings. The summed E-state index contributed by atoms with van der Waals surface area (Å²) in [6.45, 7) is 8.03. The summed E-state index contributed by atoms with van der Waals surface area (Å²) in [5.74, 6) is 1.66. The highest BCUT2D eigenvalue weighted by atomic mass is 35.5. The second-order valence-corrected chi connectivity index (χ2v) is 11.6. The smallest absolute Gasteiger partial charge is 0.243 e.